The van der Waals surface area contributed by atoms with Gasteiger partial charge in [-0.25, -0.2) is 13.1 Å². The number of hydrogen-bond donors (Lipinski definition) is 2. The fourth-order valence-corrected chi connectivity index (χ4v) is 6.09. The molecule has 0 aromatic carbocycles. The van der Waals surface area contributed by atoms with Crippen molar-refractivity contribution in [2.75, 3.05) is 6.26 Å². The molecule has 0 heterocycles. The van der Waals surface area contributed by atoms with Crippen LogP contribution in [0.1, 0.15) is 38.5 Å². The topological polar surface area (TPSA) is 89.3 Å². The van der Waals surface area contributed by atoms with E-state index in [1.54, 1.807) is 0 Å². The van der Waals surface area contributed by atoms with Crippen molar-refractivity contribution in [1.29, 1.82) is 0 Å². The fourth-order valence-electron chi connectivity index (χ4n) is 5.06. The normalized spacial score (nSPS) is 46.3. The van der Waals surface area contributed by atoms with Gasteiger partial charge >= 0.3 is 0 Å². The van der Waals surface area contributed by atoms with E-state index in [-0.39, 0.29) is 5.91 Å². The van der Waals surface area contributed by atoms with Crippen LogP contribution in [0.25, 0.3) is 0 Å². The molecule has 5 nitrogen and oxygen atoms in total. The third-order valence-corrected chi connectivity index (χ3v) is 5.79. The van der Waals surface area contributed by atoms with Gasteiger partial charge in [0.05, 0.1) is 11.7 Å². The minimum atomic E-state index is -3.24. The molecule has 0 spiro atoms. The summed E-state index contributed by atoms with van der Waals surface area (Å²) in [4.78, 5) is 11.8. The first kappa shape index (κ1) is 12.4. The Morgan fingerprint density at radius 2 is 1.78 bits per heavy atom. The molecule has 4 bridgehead atoms. The summed E-state index contributed by atoms with van der Waals surface area (Å²) in [7, 11) is -3.24. The first-order valence-corrected chi connectivity index (χ1v) is 8.40. The van der Waals surface area contributed by atoms with Crippen LogP contribution in [-0.4, -0.2) is 26.1 Å². The molecule has 4 aliphatic rings. The lowest BCUT2D eigenvalue weighted by Crippen LogP contribution is -2.65. The third-order valence-electron chi connectivity index (χ3n) is 4.99. The zero-order valence-corrected chi connectivity index (χ0v) is 11.4. The molecule has 4 rings (SSSR count). The predicted molar refractivity (Wildman–Crippen MR) is 67.0 cm³/mol. The van der Waals surface area contributed by atoms with Crippen molar-refractivity contribution in [3.63, 3.8) is 0 Å². The SMILES string of the molecule is CS(=O)(=O)NC12CC3CC(C1)CC(C(N)=O)(C3)C2. The van der Waals surface area contributed by atoms with Crippen molar-refractivity contribution in [1.82, 2.24) is 4.72 Å². The molecule has 6 heteroatoms. The Kier molecular flexibility index (Phi) is 2.40. The van der Waals surface area contributed by atoms with Gasteiger partial charge in [-0.2, -0.15) is 0 Å². The van der Waals surface area contributed by atoms with Crippen LogP contribution in [0.4, 0.5) is 0 Å². The Hall–Kier alpha value is -0.620. The molecule has 4 aliphatic carbocycles. The maximum Gasteiger partial charge on any atom is 0.223 e. The Bertz CT molecular complexity index is 485. The molecule has 4 saturated carbocycles. The predicted octanol–water partition coefficient (Wildman–Crippen LogP) is 0.360. The van der Waals surface area contributed by atoms with E-state index in [2.05, 4.69) is 4.72 Å². The summed E-state index contributed by atoms with van der Waals surface area (Å²) in [5.41, 5.74) is 4.73. The number of nitrogens with one attached hydrogen (secondary N) is 1. The largest absolute Gasteiger partial charge is 0.369 e. The molecule has 102 valence electrons. The summed E-state index contributed by atoms with van der Waals surface area (Å²) >= 11 is 0. The number of carbonyl (C=O) groups is 1. The highest BCUT2D eigenvalue weighted by molar-refractivity contribution is 7.88. The second-order valence-corrected chi connectivity index (χ2v) is 8.51. The van der Waals surface area contributed by atoms with Crippen LogP contribution in [-0.2, 0) is 14.8 Å². The number of amides is 1. The van der Waals surface area contributed by atoms with E-state index in [0.717, 1.165) is 32.1 Å². The summed E-state index contributed by atoms with van der Waals surface area (Å²) in [6, 6.07) is 0. The van der Waals surface area contributed by atoms with Gasteiger partial charge in [0.1, 0.15) is 0 Å². The van der Waals surface area contributed by atoms with E-state index in [4.69, 9.17) is 5.73 Å². The van der Waals surface area contributed by atoms with Crippen LogP contribution in [0.15, 0.2) is 0 Å². The molecule has 4 fully saturated rings. The summed E-state index contributed by atoms with van der Waals surface area (Å²) in [6.45, 7) is 0. The van der Waals surface area contributed by atoms with E-state index in [1.165, 1.54) is 6.26 Å². The number of sulfonamides is 1. The summed E-state index contributed by atoms with van der Waals surface area (Å²) < 4.78 is 25.9. The van der Waals surface area contributed by atoms with Gasteiger partial charge in [0.15, 0.2) is 0 Å². The van der Waals surface area contributed by atoms with Crippen LogP contribution in [0, 0.1) is 17.3 Å². The summed E-state index contributed by atoms with van der Waals surface area (Å²) in [5.74, 6) is 0.664. The smallest absolute Gasteiger partial charge is 0.223 e. The molecule has 0 saturated heterocycles. The summed E-state index contributed by atoms with van der Waals surface area (Å²) in [6.07, 6.45) is 6.36. The maximum absolute atomic E-state index is 11.8. The molecular weight excluding hydrogens is 252 g/mol. The van der Waals surface area contributed by atoms with E-state index >= 15 is 0 Å². The molecule has 0 aliphatic heterocycles. The molecule has 0 aromatic heterocycles. The van der Waals surface area contributed by atoms with Crippen molar-refractivity contribution < 1.29 is 13.2 Å². The standard InChI is InChI=1S/C12H20N2O3S/c1-18(16,17)14-12-5-8-2-9(6-12)4-11(3-8,7-12)10(13)15/h8-9,14H,2-7H2,1H3,(H2,13,15). The van der Waals surface area contributed by atoms with Gasteiger partial charge in [-0.15, -0.1) is 0 Å². The van der Waals surface area contributed by atoms with Gasteiger partial charge in [0.2, 0.25) is 15.9 Å². The minimum absolute atomic E-state index is 0.240. The number of hydrogen-bond acceptors (Lipinski definition) is 3. The summed E-state index contributed by atoms with van der Waals surface area (Å²) in [5, 5.41) is 0. The van der Waals surface area contributed by atoms with E-state index in [0.29, 0.717) is 18.3 Å². The number of carbonyl (C=O) groups excluding carboxylic acids is 1. The van der Waals surface area contributed by atoms with Gasteiger partial charge in [-0.05, 0) is 50.4 Å². The quantitative estimate of drug-likeness (QED) is 0.777. The lowest BCUT2D eigenvalue weighted by atomic mass is 9.47. The van der Waals surface area contributed by atoms with Crippen molar-refractivity contribution >= 4 is 15.9 Å². The van der Waals surface area contributed by atoms with Crippen LogP contribution >= 0.6 is 0 Å². The first-order chi connectivity index (χ1) is 8.22. The average molecular weight is 272 g/mol. The number of nitrogens with two attached hydrogens (primary N) is 1. The molecule has 1 amide bonds. The van der Waals surface area contributed by atoms with Crippen LogP contribution in [0.2, 0.25) is 0 Å². The van der Waals surface area contributed by atoms with Crippen LogP contribution in [0.5, 0.6) is 0 Å². The monoisotopic (exact) mass is 272 g/mol. The van der Waals surface area contributed by atoms with Gasteiger partial charge in [-0.3, -0.25) is 4.79 Å². The zero-order chi connectivity index (χ0) is 13.2. The Morgan fingerprint density at radius 3 is 2.22 bits per heavy atom. The molecule has 3 N–H and O–H groups in total. The third kappa shape index (κ3) is 1.86. The molecule has 2 atom stereocenters. The van der Waals surface area contributed by atoms with Gasteiger partial charge in [0.25, 0.3) is 0 Å². The second kappa shape index (κ2) is 3.48. The van der Waals surface area contributed by atoms with Crippen molar-refractivity contribution in [2.24, 2.45) is 23.0 Å². The van der Waals surface area contributed by atoms with Crippen LogP contribution < -0.4 is 10.5 Å². The highest BCUT2D eigenvalue weighted by atomic mass is 32.2. The minimum Gasteiger partial charge on any atom is -0.369 e. The zero-order valence-electron chi connectivity index (χ0n) is 10.6. The number of rotatable bonds is 3. The van der Waals surface area contributed by atoms with E-state index in [1.807, 2.05) is 0 Å². The molecule has 0 aromatic rings. The maximum atomic E-state index is 11.8. The molecular formula is C12H20N2O3S. The van der Waals surface area contributed by atoms with Gasteiger partial charge < -0.3 is 5.73 Å². The average Bonchev–Trinajstić information content (AvgIpc) is 2.10. The lowest BCUT2D eigenvalue weighted by Gasteiger charge is -2.60. The molecule has 2 unspecified atom stereocenters. The molecule has 18 heavy (non-hydrogen) atoms. The Balaban J connectivity index is 1.97. The van der Waals surface area contributed by atoms with E-state index < -0.39 is 21.0 Å². The molecule has 0 radical (unpaired) electrons. The van der Waals surface area contributed by atoms with E-state index in [9.17, 15) is 13.2 Å². The lowest BCUT2D eigenvalue weighted by molar-refractivity contribution is -0.145. The van der Waals surface area contributed by atoms with Crippen LogP contribution in [0.3, 0.4) is 0 Å². The highest BCUT2D eigenvalue weighted by Crippen LogP contribution is 2.61. The Labute approximate surface area is 108 Å². The Morgan fingerprint density at radius 1 is 1.22 bits per heavy atom. The van der Waals surface area contributed by atoms with Crippen molar-refractivity contribution in [3.05, 3.63) is 0 Å². The first-order valence-electron chi connectivity index (χ1n) is 6.51. The van der Waals surface area contributed by atoms with Crippen molar-refractivity contribution in [3.8, 4) is 0 Å². The number of primary amides is 1. The van der Waals surface area contributed by atoms with Gasteiger partial charge in [0, 0.05) is 5.54 Å². The van der Waals surface area contributed by atoms with Gasteiger partial charge in [-0.1, -0.05) is 0 Å². The highest BCUT2D eigenvalue weighted by Gasteiger charge is 2.60. The van der Waals surface area contributed by atoms with Crippen molar-refractivity contribution in [2.45, 2.75) is 44.1 Å². The second-order valence-electron chi connectivity index (χ2n) is 6.76. The fraction of sp³-hybridized carbons (Fsp3) is 0.917.